The second kappa shape index (κ2) is 8.36. The molecular weight excluding hydrogens is 396 g/mol. The van der Waals surface area contributed by atoms with Gasteiger partial charge >= 0.3 is 0 Å². The van der Waals surface area contributed by atoms with Crippen LogP contribution in [0.3, 0.4) is 0 Å². The van der Waals surface area contributed by atoms with Crippen LogP contribution in [0.1, 0.15) is 32.2 Å². The van der Waals surface area contributed by atoms with Crippen LogP contribution in [0.5, 0.6) is 5.75 Å². The number of carbonyl (C=O) groups excluding carboxylic acids is 1. The number of para-hydroxylation sites is 2. The summed E-state index contributed by atoms with van der Waals surface area (Å²) in [5.41, 5.74) is 1.51. The van der Waals surface area contributed by atoms with E-state index in [1.807, 2.05) is 48.5 Å². The van der Waals surface area contributed by atoms with Gasteiger partial charge in [-0.15, -0.1) is 0 Å². The molecule has 1 heterocycles. The van der Waals surface area contributed by atoms with Gasteiger partial charge in [-0.2, -0.15) is 0 Å². The van der Waals surface area contributed by atoms with Gasteiger partial charge in [0.25, 0.3) is 5.91 Å². The van der Waals surface area contributed by atoms with Crippen LogP contribution in [0, 0.1) is 5.92 Å². The van der Waals surface area contributed by atoms with E-state index in [9.17, 15) is 4.79 Å². The van der Waals surface area contributed by atoms with E-state index < -0.39 is 0 Å². The summed E-state index contributed by atoms with van der Waals surface area (Å²) < 4.78 is 12.3. The number of benzene rings is 2. The molecule has 6 heteroatoms. The van der Waals surface area contributed by atoms with Crippen molar-refractivity contribution in [2.24, 2.45) is 5.92 Å². The largest absolute Gasteiger partial charge is 0.484 e. The highest BCUT2D eigenvalue weighted by Gasteiger charge is 2.22. The summed E-state index contributed by atoms with van der Waals surface area (Å²) in [5.74, 6) is 1.34. The van der Waals surface area contributed by atoms with Gasteiger partial charge in [0, 0.05) is 4.47 Å². The monoisotopic (exact) mass is 416 g/mol. The Morgan fingerprint density at radius 3 is 2.62 bits per heavy atom. The van der Waals surface area contributed by atoms with Gasteiger partial charge in [0.05, 0.1) is 0 Å². The molecular formula is C20H21BrN2O3. The molecule has 0 radical (unpaired) electrons. The number of carbonyl (C=O) groups is 1. The average molecular weight is 417 g/mol. The molecule has 26 heavy (non-hydrogen) atoms. The molecule has 0 bridgehead atoms. The predicted molar refractivity (Wildman–Crippen MR) is 104 cm³/mol. The maximum atomic E-state index is 12.3. The summed E-state index contributed by atoms with van der Waals surface area (Å²) in [6.07, 6.45) is 0.733. The first-order valence-electron chi connectivity index (χ1n) is 8.54. The number of oxazole rings is 1. The summed E-state index contributed by atoms with van der Waals surface area (Å²) in [7, 11) is 0. The zero-order valence-corrected chi connectivity index (χ0v) is 16.3. The van der Waals surface area contributed by atoms with E-state index in [4.69, 9.17) is 9.15 Å². The fourth-order valence-corrected chi connectivity index (χ4v) is 2.91. The van der Waals surface area contributed by atoms with E-state index in [2.05, 4.69) is 40.1 Å². The number of ether oxygens (including phenoxy) is 1. The number of rotatable bonds is 7. The SMILES string of the molecule is CC(C)C[C@H](NC(=O)COc1ccc(Br)cc1)c1nc2ccccc2o1. The van der Waals surface area contributed by atoms with Crippen molar-refractivity contribution in [3.8, 4) is 5.75 Å². The van der Waals surface area contributed by atoms with Crippen molar-refractivity contribution in [2.45, 2.75) is 26.3 Å². The van der Waals surface area contributed by atoms with Gasteiger partial charge in [0.15, 0.2) is 12.2 Å². The lowest BCUT2D eigenvalue weighted by atomic mass is 10.0. The molecule has 0 aliphatic rings. The first-order valence-corrected chi connectivity index (χ1v) is 9.34. The molecule has 0 fully saturated rings. The van der Waals surface area contributed by atoms with Gasteiger partial charge in [0.2, 0.25) is 5.89 Å². The Bertz CT molecular complexity index is 841. The van der Waals surface area contributed by atoms with Gasteiger partial charge in [-0.3, -0.25) is 4.79 Å². The number of amides is 1. The Balaban J connectivity index is 1.67. The van der Waals surface area contributed by atoms with Crippen molar-refractivity contribution < 1.29 is 13.9 Å². The zero-order valence-electron chi connectivity index (χ0n) is 14.7. The van der Waals surface area contributed by atoms with Crippen molar-refractivity contribution in [3.05, 3.63) is 58.9 Å². The smallest absolute Gasteiger partial charge is 0.258 e. The van der Waals surface area contributed by atoms with E-state index in [0.717, 1.165) is 22.0 Å². The number of hydrogen-bond donors (Lipinski definition) is 1. The fraction of sp³-hybridized carbons (Fsp3) is 0.300. The summed E-state index contributed by atoms with van der Waals surface area (Å²) in [6.45, 7) is 4.14. The lowest BCUT2D eigenvalue weighted by Crippen LogP contribution is -2.33. The van der Waals surface area contributed by atoms with Crippen molar-refractivity contribution in [1.82, 2.24) is 10.3 Å². The molecule has 0 saturated carbocycles. The lowest BCUT2D eigenvalue weighted by molar-refractivity contribution is -0.124. The maximum absolute atomic E-state index is 12.3. The minimum absolute atomic E-state index is 0.0591. The number of nitrogens with one attached hydrogen (secondary N) is 1. The summed E-state index contributed by atoms with van der Waals surface area (Å²) in [5, 5.41) is 2.98. The fourth-order valence-electron chi connectivity index (χ4n) is 2.65. The molecule has 5 nitrogen and oxygen atoms in total. The molecule has 0 aliphatic heterocycles. The molecule has 2 aromatic carbocycles. The van der Waals surface area contributed by atoms with E-state index in [1.165, 1.54) is 0 Å². The molecule has 1 atom stereocenters. The first kappa shape index (κ1) is 18.5. The van der Waals surface area contributed by atoms with Crippen LogP contribution in [-0.4, -0.2) is 17.5 Å². The van der Waals surface area contributed by atoms with Gasteiger partial charge in [-0.05, 0) is 48.7 Å². The van der Waals surface area contributed by atoms with Gasteiger partial charge in [-0.1, -0.05) is 41.9 Å². The van der Waals surface area contributed by atoms with E-state index in [0.29, 0.717) is 17.6 Å². The lowest BCUT2D eigenvalue weighted by Gasteiger charge is -2.17. The Labute approximate surface area is 160 Å². The quantitative estimate of drug-likeness (QED) is 0.596. The average Bonchev–Trinajstić information content (AvgIpc) is 3.04. The van der Waals surface area contributed by atoms with Crippen LogP contribution in [0.4, 0.5) is 0 Å². The van der Waals surface area contributed by atoms with Crippen LogP contribution >= 0.6 is 15.9 Å². The predicted octanol–water partition coefficient (Wildman–Crippen LogP) is 4.87. The van der Waals surface area contributed by atoms with Crippen molar-refractivity contribution in [1.29, 1.82) is 0 Å². The highest BCUT2D eigenvalue weighted by atomic mass is 79.9. The van der Waals surface area contributed by atoms with Gasteiger partial charge in [0.1, 0.15) is 17.3 Å². The Morgan fingerprint density at radius 2 is 1.92 bits per heavy atom. The van der Waals surface area contributed by atoms with E-state index >= 15 is 0 Å². The molecule has 1 aromatic heterocycles. The van der Waals surface area contributed by atoms with Crippen LogP contribution < -0.4 is 10.1 Å². The number of aromatic nitrogens is 1. The van der Waals surface area contributed by atoms with Gasteiger partial charge in [-0.25, -0.2) is 4.98 Å². The summed E-state index contributed by atoms with van der Waals surface area (Å²) >= 11 is 3.37. The van der Waals surface area contributed by atoms with Crippen molar-refractivity contribution >= 4 is 32.9 Å². The highest BCUT2D eigenvalue weighted by Crippen LogP contribution is 2.25. The van der Waals surface area contributed by atoms with E-state index in [1.54, 1.807) is 0 Å². The van der Waals surface area contributed by atoms with Crippen LogP contribution in [-0.2, 0) is 4.79 Å². The molecule has 0 spiro atoms. The third kappa shape index (κ3) is 4.85. The number of hydrogen-bond acceptors (Lipinski definition) is 4. The van der Waals surface area contributed by atoms with Crippen molar-refractivity contribution in [3.63, 3.8) is 0 Å². The maximum Gasteiger partial charge on any atom is 0.258 e. The topological polar surface area (TPSA) is 64.4 Å². The number of halogens is 1. The zero-order chi connectivity index (χ0) is 18.5. The molecule has 136 valence electrons. The molecule has 1 N–H and O–H groups in total. The number of fused-ring (bicyclic) bond motifs is 1. The molecule has 0 aliphatic carbocycles. The molecule has 3 rings (SSSR count). The standard InChI is InChI=1S/C20H21BrN2O3/c1-13(2)11-17(20-23-16-5-3-4-6-18(16)26-20)22-19(24)12-25-15-9-7-14(21)8-10-15/h3-10,13,17H,11-12H2,1-2H3,(H,22,24)/t17-/m0/s1. The third-order valence-corrected chi connectivity index (χ3v) is 4.36. The highest BCUT2D eigenvalue weighted by molar-refractivity contribution is 9.10. The van der Waals surface area contributed by atoms with Crippen LogP contribution in [0.15, 0.2) is 57.4 Å². The number of nitrogens with zero attached hydrogens (tertiary/aromatic N) is 1. The Kier molecular flexibility index (Phi) is 5.93. The first-order chi connectivity index (χ1) is 12.5. The second-order valence-electron chi connectivity index (χ2n) is 6.51. The summed E-state index contributed by atoms with van der Waals surface area (Å²) in [4.78, 5) is 16.9. The molecule has 0 saturated heterocycles. The molecule has 3 aromatic rings. The Hall–Kier alpha value is -2.34. The third-order valence-electron chi connectivity index (χ3n) is 3.83. The second-order valence-corrected chi connectivity index (χ2v) is 7.43. The molecule has 1 amide bonds. The van der Waals surface area contributed by atoms with Gasteiger partial charge < -0.3 is 14.5 Å². The summed E-state index contributed by atoms with van der Waals surface area (Å²) in [6, 6.07) is 14.6. The van der Waals surface area contributed by atoms with Crippen LogP contribution in [0.25, 0.3) is 11.1 Å². The minimum atomic E-state index is -0.289. The van der Waals surface area contributed by atoms with E-state index in [-0.39, 0.29) is 18.6 Å². The van der Waals surface area contributed by atoms with Crippen LogP contribution in [0.2, 0.25) is 0 Å². The van der Waals surface area contributed by atoms with Crippen molar-refractivity contribution in [2.75, 3.05) is 6.61 Å². The minimum Gasteiger partial charge on any atom is -0.484 e. The Morgan fingerprint density at radius 1 is 1.19 bits per heavy atom. The molecule has 0 unspecified atom stereocenters. The normalized spacial score (nSPS) is 12.3.